The fourth-order valence-corrected chi connectivity index (χ4v) is 0.939. The number of carbonyl (C=O) groups is 2. The minimum atomic E-state index is -1.20. The van der Waals surface area contributed by atoms with Crippen LogP contribution in [0.15, 0.2) is 0 Å². The smallest absolute Gasteiger partial charge is 0.415 e. The Bertz CT molecular complexity index is 182. The molecule has 0 aromatic rings. The zero-order chi connectivity index (χ0) is 10.3. The van der Waals surface area contributed by atoms with E-state index in [1.807, 2.05) is 6.92 Å². The second-order valence-corrected chi connectivity index (χ2v) is 2.70. The SMILES string of the molecule is CCCCCN(C(=O)O)C(=O)NC. The van der Waals surface area contributed by atoms with Crippen molar-refractivity contribution < 1.29 is 14.7 Å². The Morgan fingerprint density at radius 3 is 2.38 bits per heavy atom. The van der Waals surface area contributed by atoms with Crippen LogP contribution in [0.5, 0.6) is 0 Å². The fraction of sp³-hybridized carbons (Fsp3) is 0.750. The summed E-state index contributed by atoms with van der Waals surface area (Å²) in [6.07, 6.45) is 1.45. The first-order valence-corrected chi connectivity index (χ1v) is 4.35. The van der Waals surface area contributed by atoms with Crippen LogP contribution in [-0.2, 0) is 0 Å². The highest BCUT2D eigenvalue weighted by atomic mass is 16.4. The molecule has 0 saturated carbocycles. The summed E-state index contributed by atoms with van der Waals surface area (Å²) >= 11 is 0. The fourth-order valence-electron chi connectivity index (χ4n) is 0.939. The number of nitrogens with zero attached hydrogens (tertiary/aromatic N) is 1. The van der Waals surface area contributed by atoms with Gasteiger partial charge in [-0.3, -0.25) is 0 Å². The van der Waals surface area contributed by atoms with Crippen LogP contribution in [0.2, 0.25) is 0 Å². The summed E-state index contributed by atoms with van der Waals surface area (Å²) in [5.74, 6) is 0. The van der Waals surface area contributed by atoms with Gasteiger partial charge in [0.2, 0.25) is 0 Å². The molecule has 0 rings (SSSR count). The zero-order valence-electron chi connectivity index (χ0n) is 8.04. The third-order valence-corrected chi connectivity index (χ3v) is 1.68. The summed E-state index contributed by atoms with van der Waals surface area (Å²) in [7, 11) is 1.41. The van der Waals surface area contributed by atoms with E-state index in [2.05, 4.69) is 5.32 Å². The average molecular weight is 188 g/mol. The number of unbranched alkanes of at least 4 members (excludes halogenated alkanes) is 2. The zero-order valence-corrected chi connectivity index (χ0v) is 8.04. The van der Waals surface area contributed by atoms with Crippen molar-refractivity contribution in [2.24, 2.45) is 0 Å². The average Bonchev–Trinajstić information content (AvgIpc) is 2.11. The van der Waals surface area contributed by atoms with Gasteiger partial charge in [0, 0.05) is 13.6 Å². The van der Waals surface area contributed by atoms with Crippen LogP contribution in [0.4, 0.5) is 9.59 Å². The van der Waals surface area contributed by atoms with Crippen LogP contribution in [0.1, 0.15) is 26.2 Å². The van der Waals surface area contributed by atoms with E-state index in [9.17, 15) is 9.59 Å². The largest absolute Gasteiger partial charge is 0.465 e. The summed E-state index contributed by atoms with van der Waals surface area (Å²) in [6, 6.07) is -0.566. The van der Waals surface area contributed by atoms with Gasteiger partial charge >= 0.3 is 12.1 Å². The highest BCUT2D eigenvalue weighted by molar-refractivity contribution is 5.89. The predicted octanol–water partition coefficient (Wildman–Crippen LogP) is 1.50. The molecule has 0 aromatic heterocycles. The molecule has 0 aliphatic carbocycles. The minimum Gasteiger partial charge on any atom is -0.465 e. The second kappa shape index (κ2) is 6.28. The Balaban J connectivity index is 3.95. The summed E-state index contributed by atoms with van der Waals surface area (Å²) in [6.45, 7) is 2.29. The molecule has 2 N–H and O–H groups in total. The highest BCUT2D eigenvalue weighted by Crippen LogP contribution is 1.99. The monoisotopic (exact) mass is 188 g/mol. The maximum Gasteiger partial charge on any atom is 0.415 e. The Kier molecular flexibility index (Phi) is 5.67. The van der Waals surface area contributed by atoms with E-state index in [0.717, 1.165) is 24.2 Å². The lowest BCUT2D eigenvalue weighted by atomic mass is 10.2. The summed E-state index contributed by atoms with van der Waals surface area (Å²) in [4.78, 5) is 22.3. The topological polar surface area (TPSA) is 69.6 Å². The Morgan fingerprint density at radius 1 is 1.38 bits per heavy atom. The number of hydrogen-bond acceptors (Lipinski definition) is 2. The van der Waals surface area contributed by atoms with Gasteiger partial charge in [0.25, 0.3) is 0 Å². The van der Waals surface area contributed by atoms with Gasteiger partial charge < -0.3 is 10.4 Å². The molecule has 0 radical (unpaired) electrons. The van der Waals surface area contributed by atoms with Crippen molar-refractivity contribution in [2.75, 3.05) is 13.6 Å². The number of amides is 3. The molecule has 0 bridgehead atoms. The molecule has 0 fully saturated rings. The number of rotatable bonds is 4. The Morgan fingerprint density at radius 2 is 2.00 bits per heavy atom. The van der Waals surface area contributed by atoms with Gasteiger partial charge in [-0.15, -0.1) is 0 Å². The van der Waals surface area contributed by atoms with Crippen molar-refractivity contribution in [1.29, 1.82) is 0 Å². The molecule has 0 spiro atoms. The molecular formula is C8H16N2O3. The number of nitrogens with one attached hydrogen (secondary N) is 1. The third kappa shape index (κ3) is 4.35. The van der Waals surface area contributed by atoms with E-state index in [1.54, 1.807) is 0 Å². The Hall–Kier alpha value is -1.26. The predicted molar refractivity (Wildman–Crippen MR) is 48.7 cm³/mol. The maximum absolute atomic E-state index is 11.0. The molecule has 76 valence electrons. The van der Waals surface area contributed by atoms with Crippen LogP contribution in [-0.4, -0.2) is 35.7 Å². The highest BCUT2D eigenvalue weighted by Gasteiger charge is 2.17. The molecule has 5 nitrogen and oxygen atoms in total. The molecule has 0 heterocycles. The quantitative estimate of drug-likeness (QED) is 0.657. The first kappa shape index (κ1) is 11.7. The third-order valence-electron chi connectivity index (χ3n) is 1.68. The van der Waals surface area contributed by atoms with Crippen molar-refractivity contribution in [2.45, 2.75) is 26.2 Å². The van der Waals surface area contributed by atoms with Crippen LogP contribution in [0.25, 0.3) is 0 Å². The van der Waals surface area contributed by atoms with Crippen molar-refractivity contribution in [3.63, 3.8) is 0 Å². The van der Waals surface area contributed by atoms with Crippen molar-refractivity contribution in [3.05, 3.63) is 0 Å². The normalized spacial score (nSPS) is 9.38. The van der Waals surface area contributed by atoms with Crippen LogP contribution in [0, 0.1) is 0 Å². The number of carbonyl (C=O) groups excluding carboxylic acids is 1. The van der Waals surface area contributed by atoms with Gasteiger partial charge in [-0.1, -0.05) is 19.8 Å². The van der Waals surface area contributed by atoms with Gasteiger partial charge in [-0.2, -0.15) is 0 Å². The van der Waals surface area contributed by atoms with Crippen molar-refractivity contribution in [1.82, 2.24) is 10.2 Å². The van der Waals surface area contributed by atoms with E-state index in [0.29, 0.717) is 0 Å². The van der Waals surface area contributed by atoms with E-state index >= 15 is 0 Å². The number of urea groups is 1. The maximum atomic E-state index is 11.0. The number of imide groups is 1. The molecule has 3 amide bonds. The summed E-state index contributed by atoms with van der Waals surface area (Å²) in [5.41, 5.74) is 0. The van der Waals surface area contributed by atoms with Crippen molar-refractivity contribution >= 4 is 12.1 Å². The Labute approximate surface area is 77.7 Å². The van der Waals surface area contributed by atoms with Crippen LogP contribution >= 0.6 is 0 Å². The van der Waals surface area contributed by atoms with Crippen molar-refractivity contribution in [3.8, 4) is 0 Å². The molecular weight excluding hydrogens is 172 g/mol. The van der Waals surface area contributed by atoms with E-state index in [1.165, 1.54) is 7.05 Å². The van der Waals surface area contributed by atoms with Gasteiger partial charge in [-0.05, 0) is 6.42 Å². The summed E-state index contributed by atoms with van der Waals surface area (Å²) < 4.78 is 0. The molecule has 0 aliphatic heterocycles. The molecule has 0 saturated heterocycles. The number of hydrogen-bond donors (Lipinski definition) is 2. The van der Waals surface area contributed by atoms with Gasteiger partial charge in [-0.25, -0.2) is 14.5 Å². The molecule has 0 aromatic carbocycles. The molecule has 5 heteroatoms. The standard InChI is InChI=1S/C8H16N2O3/c1-3-4-5-6-10(8(12)13)7(11)9-2/h3-6H2,1-2H3,(H,9,11)(H,12,13). The van der Waals surface area contributed by atoms with E-state index in [4.69, 9.17) is 5.11 Å². The number of carboxylic acid groups (broad SMARTS) is 1. The lowest BCUT2D eigenvalue weighted by molar-refractivity contribution is 0.148. The first-order chi connectivity index (χ1) is 6.13. The van der Waals surface area contributed by atoms with Crippen LogP contribution < -0.4 is 5.32 Å². The van der Waals surface area contributed by atoms with Gasteiger partial charge in [0.05, 0.1) is 0 Å². The molecule has 0 atom stereocenters. The minimum absolute atomic E-state index is 0.267. The van der Waals surface area contributed by atoms with Crippen LogP contribution in [0.3, 0.4) is 0 Å². The lowest BCUT2D eigenvalue weighted by Gasteiger charge is -2.15. The van der Waals surface area contributed by atoms with Gasteiger partial charge in [0.15, 0.2) is 0 Å². The molecule has 0 aliphatic rings. The van der Waals surface area contributed by atoms with Gasteiger partial charge in [0.1, 0.15) is 0 Å². The lowest BCUT2D eigenvalue weighted by Crippen LogP contribution is -2.42. The summed E-state index contributed by atoms with van der Waals surface area (Å²) in [5, 5.41) is 10.9. The van der Waals surface area contributed by atoms with E-state index < -0.39 is 12.1 Å². The second-order valence-electron chi connectivity index (χ2n) is 2.70. The first-order valence-electron chi connectivity index (χ1n) is 4.35. The van der Waals surface area contributed by atoms with E-state index in [-0.39, 0.29) is 6.54 Å². The molecule has 13 heavy (non-hydrogen) atoms. The molecule has 0 unspecified atom stereocenters.